The Hall–Kier alpha value is -4.26. The van der Waals surface area contributed by atoms with Crippen molar-refractivity contribution >= 4 is 0 Å². The first kappa shape index (κ1) is 34.6. The summed E-state index contributed by atoms with van der Waals surface area (Å²) in [4.78, 5) is 0. The van der Waals surface area contributed by atoms with Crippen LogP contribution in [0.5, 0.6) is 11.5 Å². The molecular formula is C33H27F10NO2. The molecule has 0 spiro atoms. The summed E-state index contributed by atoms with van der Waals surface area (Å²) < 4.78 is 148. The van der Waals surface area contributed by atoms with Crippen LogP contribution in [0.3, 0.4) is 0 Å². The monoisotopic (exact) mass is 659 g/mol. The zero-order chi connectivity index (χ0) is 33.9. The standard InChI is InChI=1S/C33H27F10NO2/c1-19(2)45-29-15-22(9-11-28(29)36)31(17-20-6-4-3-5-7-20,44-18-21-8-10-27(35)26(12-21)32(39,40)41)23-13-24(34)16-25(14-23)46-33(42,43)30(37)38/h3-16,19,30,44H,17-18H2,1-2H3/t31-/m0/s1. The molecule has 0 aliphatic heterocycles. The second kappa shape index (κ2) is 13.6. The van der Waals surface area contributed by atoms with E-state index in [-0.39, 0.29) is 28.9 Å². The van der Waals surface area contributed by atoms with Crippen LogP contribution in [0.2, 0.25) is 0 Å². The lowest BCUT2D eigenvalue weighted by Crippen LogP contribution is -2.45. The topological polar surface area (TPSA) is 30.5 Å². The van der Waals surface area contributed by atoms with Crippen molar-refractivity contribution in [2.75, 3.05) is 0 Å². The van der Waals surface area contributed by atoms with Crippen LogP contribution in [-0.2, 0) is 24.7 Å². The lowest BCUT2D eigenvalue weighted by atomic mass is 9.77. The van der Waals surface area contributed by atoms with E-state index in [1.165, 1.54) is 12.1 Å². The maximum atomic E-state index is 15.1. The zero-order valence-corrected chi connectivity index (χ0v) is 24.2. The van der Waals surface area contributed by atoms with Gasteiger partial charge in [0.2, 0.25) is 0 Å². The molecule has 0 fully saturated rings. The molecule has 13 heteroatoms. The van der Waals surface area contributed by atoms with Crippen LogP contribution in [0.15, 0.2) is 84.9 Å². The normalized spacial score (nSPS) is 13.6. The van der Waals surface area contributed by atoms with E-state index in [9.17, 15) is 39.5 Å². The SMILES string of the molecule is CC(C)Oc1cc([C@](Cc2ccccc2)(NCc2ccc(F)c(C(F)(F)F)c2)c2cc(F)cc(OC(F)(F)C(F)F)c2)ccc1F. The van der Waals surface area contributed by atoms with Crippen molar-refractivity contribution in [2.45, 2.75) is 57.2 Å². The summed E-state index contributed by atoms with van der Waals surface area (Å²) in [5.41, 5.74) is -2.96. The van der Waals surface area contributed by atoms with Crippen LogP contribution < -0.4 is 14.8 Å². The lowest BCUT2D eigenvalue weighted by molar-refractivity contribution is -0.253. The minimum atomic E-state index is -5.04. The van der Waals surface area contributed by atoms with E-state index >= 15 is 4.39 Å². The second-order valence-corrected chi connectivity index (χ2v) is 10.7. The number of hydrogen-bond donors (Lipinski definition) is 1. The largest absolute Gasteiger partial charge is 0.488 e. The van der Waals surface area contributed by atoms with E-state index < -0.39 is 65.7 Å². The van der Waals surface area contributed by atoms with Crippen LogP contribution >= 0.6 is 0 Å². The molecule has 1 N–H and O–H groups in total. The van der Waals surface area contributed by atoms with Crippen molar-refractivity contribution in [3.63, 3.8) is 0 Å². The van der Waals surface area contributed by atoms with Crippen LogP contribution in [0.25, 0.3) is 0 Å². The average Bonchev–Trinajstić information content (AvgIpc) is 2.96. The highest BCUT2D eigenvalue weighted by atomic mass is 19.4. The van der Waals surface area contributed by atoms with Gasteiger partial charge in [0.25, 0.3) is 0 Å². The molecule has 0 saturated carbocycles. The minimum absolute atomic E-state index is 0.0796. The maximum Gasteiger partial charge on any atom is 0.461 e. The third-order valence-electron chi connectivity index (χ3n) is 6.90. The highest BCUT2D eigenvalue weighted by molar-refractivity contribution is 5.47. The average molecular weight is 660 g/mol. The summed E-state index contributed by atoms with van der Waals surface area (Å²) in [6.45, 7) is 2.79. The van der Waals surface area contributed by atoms with Crippen molar-refractivity contribution in [3.05, 3.63) is 130 Å². The van der Waals surface area contributed by atoms with Gasteiger partial charge in [0.05, 0.1) is 17.2 Å². The second-order valence-electron chi connectivity index (χ2n) is 10.7. The first-order valence-corrected chi connectivity index (χ1v) is 13.8. The fourth-order valence-corrected chi connectivity index (χ4v) is 4.87. The predicted molar refractivity (Wildman–Crippen MR) is 149 cm³/mol. The molecular weight excluding hydrogens is 632 g/mol. The summed E-state index contributed by atoms with van der Waals surface area (Å²) in [5, 5.41) is 3.04. The van der Waals surface area contributed by atoms with E-state index in [4.69, 9.17) is 4.74 Å². The van der Waals surface area contributed by atoms with Gasteiger partial charge in [-0.05, 0) is 78.9 Å². The number of hydrogen-bond acceptors (Lipinski definition) is 3. The number of halogens is 10. The van der Waals surface area contributed by atoms with Gasteiger partial charge < -0.3 is 9.47 Å². The fraction of sp³-hybridized carbons (Fsp3) is 0.273. The Kier molecular flexibility index (Phi) is 10.2. The van der Waals surface area contributed by atoms with Gasteiger partial charge in [0, 0.05) is 12.6 Å². The maximum absolute atomic E-state index is 15.1. The third-order valence-corrected chi connectivity index (χ3v) is 6.90. The molecule has 46 heavy (non-hydrogen) atoms. The van der Waals surface area contributed by atoms with Crippen molar-refractivity contribution in [3.8, 4) is 11.5 Å². The molecule has 0 radical (unpaired) electrons. The smallest absolute Gasteiger partial charge is 0.461 e. The fourth-order valence-electron chi connectivity index (χ4n) is 4.87. The van der Waals surface area contributed by atoms with Crippen molar-refractivity contribution in [1.82, 2.24) is 5.32 Å². The summed E-state index contributed by atoms with van der Waals surface area (Å²) in [6, 6.07) is 16.3. The van der Waals surface area contributed by atoms with Gasteiger partial charge in [-0.15, -0.1) is 0 Å². The van der Waals surface area contributed by atoms with Gasteiger partial charge in [-0.25, -0.2) is 13.2 Å². The molecule has 0 amide bonds. The molecule has 0 aliphatic rings. The molecule has 1 atom stereocenters. The number of ether oxygens (including phenoxy) is 2. The molecule has 0 unspecified atom stereocenters. The summed E-state index contributed by atoms with van der Waals surface area (Å²) in [5.74, 6) is -4.74. The van der Waals surface area contributed by atoms with E-state index in [1.54, 1.807) is 44.2 Å². The molecule has 0 aromatic heterocycles. The molecule has 0 saturated heterocycles. The minimum Gasteiger partial charge on any atom is -0.488 e. The van der Waals surface area contributed by atoms with E-state index in [0.717, 1.165) is 24.3 Å². The van der Waals surface area contributed by atoms with Gasteiger partial charge >= 0.3 is 18.7 Å². The van der Waals surface area contributed by atoms with Gasteiger partial charge in [-0.1, -0.05) is 42.5 Å². The first-order valence-electron chi connectivity index (χ1n) is 13.8. The molecule has 4 aromatic carbocycles. The molecule has 3 nitrogen and oxygen atoms in total. The highest BCUT2D eigenvalue weighted by Gasteiger charge is 2.45. The van der Waals surface area contributed by atoms with Crippen molar-refractivity contribution in [1.29, 1.82) is 0 Å². The van der Waals surface area contributed by atoms with Gasteiger partial charge in [-0.2, -0.15) is 30.7 Å². The number of nitrogens with one attached hydrogen (secondary N) is 1. The summed E-state index contributed by atoms with van der Waals surface area (Å²) in [7, 11) is 0. The molecule has 4 aromatic rings. The quantitative estimate of drug-likeness (QED) is 0.154. The highest BCUT2D eigenvalue weighted by Crippen LogP contribution is 2.40. The van der Waals surface area contributed by atoms with Crippen molar-refractivity contribution in [2.24, 2.45) is 0 Å². The summed E-state index contributed by atoms with van der Waals surface area (Å²) in [6.07, 6.45) is -15.0. The van der Waals surface area contributed by atoms with E-state index in [1.807, 2.05) is 0 Å². The van der Waals surface area contributed by atoms with Crippen LogP contribution in [0, 0.1) is 17.5 Å². The number of benzene rings is 4. The number of rotatable bonds is 12. The Bertz CT molecular complexity index is 1640. The van der Waals surface area contributed by atoms with Gasteiger partial charge in [0.1, 0.15) is 17.4 Å². The zero-order valence-electron chi connectivity index (χ0n) is 24.2. The van der Waals surface area contributed by atoms with Crippen LogP contribution in [-0.4, -0.2) is 18.6 Å². The Morgan fingerprint density at radius 2 is 1.39 bits per heavy atom. The van der Waals surface area contributed by atoms with Crippen molar-refractivity contribution < 1.29 is 53.4 Å². The Morgan fingerprint density at radius 1 is 0.717 bits per heavy atom. The predicted octanol–water partition coefficient (Wildman–Crippen LogP) is 9.42. The third kappa shape index (κ3) is 8.11. The van der Waals surface area contributed by atoms with Crippen LogP contribution in [0.4, 0.5) is 43.9 Å². The molecule has 0 bridgehead atoms. The molecule has 0 aliphatic carbocycles. The Morgan fingerprint density at radius 3 is 2.02 bits per heavy atom. The lowest BCUT2D eigenvalue weighted by Gasteiger charge is -2.37. The molecule has 4 rings (SSSR count). The number of alkyl halides is 7. The Balaban J connectivity index is 1.97. The summed E-state index contributed by atoms with van der Waals surface area (Å²) >= 11 is 0. The van der Waals surface area contributed by atoms with Crippen LogP contribution in [0.1, 0.15) is 41.7 Å². The van der Waals surface area contributed by atoms with Gasteiger partial charge in [-0.3, -0.25) is 5.32 Å². The van der Waals surface area contributed by atoms with E-state index in [0.29, 0.717) is 23.8 Å². The first-order chi connectivity index (χ1) is 21.5. The van der Waals surface area contributed by atoms with E-state index in [2.05, 4.69) is 10.1 Å². The van der Waals surface area contributed by atoms with Gasteiger partial charge in [0.15, 0.2) is 11.6 Å². The molecule has 246 valence electrons. The molecule has 0 heterocycles. The Labute approximate surface area is 257 Å².